The van der Waals surface area contributed by atoms with Crippen LogP contribution in [0.1, 0.15) is 26.7 Å². The van der Waals surface area contributed by atoms with Crippen LogP contribution in [0.5, 0.6) is 0 Å². The molecule has 1 unspecified atom stereocenters. The molecule has 9 nitrogen and oxygen atoms in total. The molecule has 1 fully saturated rings. The molecule has 0 aromatic rings. The van der Waals surface area contributed by atoms with Crippen molar-refractivity contribution in [3.05, 3.63) is 20.2 Å². The minimum Gasteiger partial charge on any atom is -0.378 e. The highest BCUT2D eigenvalue weighted by atomic mass is 16.9. The zero-order valence-electron chi connectivity index (χ0n) is 11.0. The van der Waals surface area contributed by atoms with Crippen molar-refractivity contribution in [3.63, 3.8) is 0 Å². The van der Waals surface area contributed by atoms with Gasteiger partial charge < -0.3 is 14.4 Å². The molecule has 1 saturated heterocycles. The van der Waals surface area contributed by atoms with Gasteiger partial charge in [-0.3, -0.25) is 0 Å². The van der Waals surface area contributed by atoms with Crippen LogP contribution in [0.3, 0.4) is 0 Å². The van der Waals surface area contributed by atoms with Gasteiger partial charge in [-0.1, -0.05) is 13.8 Å². The van der Waals surface area contributed by atoms with Gasteiger partial charge in [0.05, 0.1) is 20.3 Å². The van der Waals surface area contributed by atoms with Gasteiger partial charge in [-0.25, -0.2) is 0 Å². The molecule has 1 rings (SSSR count). The maximum Gasteiger partial charge on any atom is 0.294 e. The fourth-order valence-electron chi connectivity index (χ4n) is 1.13. The van der Waals surface area contributed by atoms with Gasteiger partial charge >= 0.3 is 0 Å². The van der Waals surface area contributed by atoms with E-state index in [4.69, 9.17) is 25.0 Å². The van der Waals surface area contributed by atoms with E-state index in [-0.39, 0.29) is 0 Å². The van der Waals surface area contributed by atoms with Crippen molar-refractivity contribution in [2.75, 3.05) is 20.8 Å². The van der Waals surface area contributed by atoms with Crippen LogP contribution in [0.25, 0.3) is 0 Å². The topological polar surface area (TPSA) is 114 Å². The normalized spacial score (nSPS) is 16.8. The van der Waals surface area contributed by atoms with Gasteiger partial charge in [0.15, 0.2) is 0 Å². The number of rotatable bonds is 3. The Morgan fingerprint density at radius 3 is 1.67 bits per heavy atom. The molecule has 9 heteroatoms. The van der Waals surface area contributed by atoms with Gasteiger partial charge in [0.2, 0.25) is 0 Å². The zero-order chi connectivity index (χ0) is 14.6. The highest BCUT2D eigenvalue weighted by Gasteiger charge is 2.17. The van der Waals surface area contributed by atoms with E-state index in [1.54, 1.807) is 0 Å². The lowest BCUT2D eigenvalue weighted by molar-refractivity contribution is -0.749. The molecular weight excluding hydrogens is 248 g/mol. The Labute approximate surface area is 105 Å². The second-order valence-corrected chi connectivity index (χ2v) is 3.61. The maximum absolute atomic E-state index is 8.95. The van der Waals surface area contributed by atoms with E-state index >= 15 is 0 Å². The number of ether oxygens (including phenoxy) is 1. The first-order valence-electron chi connectivity index (χ1n) is 5.33. The van der Waals surface area contributed by atoms with E-state index in [0.717, 1.165) is 26.7 Å². The average Bonchev–Trinajstić information content (AvgIpc) is 2.84. The van der Waals surface area contributed by atoms with Gasteiger partial charge in [0.1, 0.15) is 0 Å². The minimum absolute atomic E-state index is 0.565. The Hall–Kier alpha value is -1.64. The molecule has 0 radical (unpaired) electrons. The van der Waals surface area contributed by atoms with E-state index in [9.17, 15) is 0 Å². The van der Waals surface area contributed by atoms with E-state index in [1.807, 2.05) is 0 Å². The van der Waals surface area contributed by atoms with Crippen molar-refractivity contribution in [3.8, 4) is 0 Å². The predicted molar refractivity (Wildman–Crippen MR) is 61.8 cm³/mol. The highest BCUT2D eigenvalue weighted by Crippen LogP contribution is 2.18. The molecule has 108 valence electrons. The Kier molecular flexibility index (Phi) is 12.3. The molecule has 1 atom stereocenters. The monoisotopic (exact) mass is 268 g/mol. The zero-order valence-corrected chi connectivity index (χ0v) is 11.0. The second kappa shape index (κ2) is 11.8. The lowest BCUT2D eigenvalue weighted by Crippen LogP contribution is -2.12. The second-order valence-electron chi connectivity index (χ2n) is 3.61. The van der Waals surface area contributed by atoms with Crippen molar-refractivity contribution < 1.29 is 24.6 Å². The first kappa shape index (κ1) is 18.7. The Balaban J connectivity index is 0. The van der Waals surface area contributed by atoms with Crippen molar-refractivity contribution in [1.82, 2.24) is 0 Å². The highest BCUT2D eigenvalue weighted by molar-refractivity contribution is 4.67. The Bertz CT molecular complexity index is 215. The standard InChI is InChI=1S/C7H14O.2CH3NO3/c1-6(2)7-4-3-5-8-7;2*1-5-2(3)4/h6-7H,3-5H2,1-2H3;2*1H3. The van der Waals surface area contributed by atoms with Crippen LogP contribution >= 0.6 is 0 Å². The fourth-order valence-corrected chi connectivity index (χ4v) is 1.13. The number of nitrogens with zero attached hydrogens (tertiary/aromatic N) is 2. The van der Waals surface area contributed by atoms with Crippen molar-refractivity contribution >= 4 is 0 Å². The van der Waals surface area contributed by atoms with E-state index in [0.29, 0.717) is 6.10 Å². The lowest BCUT2D eigenvalue weighted by Gasteiger charge is -2.11. The first-order chi connectivity index (χ1) is 8.34. The van der Waals surface area contributed by atoms with Gasteiger partial charge in [-0.15, -0.1) is 20.2 Å². The maximum atomic E-state index is 8.95. The lowest BCUT2D eigenvalue weighted by atomic mass is 10.1. The third-order valence-electron chi connectivity index (χ3n) is 2.01. The van der Waals surface area contributed by atoms with Crippen LogP contribution in [0.15, 0.2) is 0 Å². The summed E-state index contributed by atoms with van der Waals surface area (Å²) in [6.45, 7) is 5.43. The third-order valence-corrected chi connectivity index (χ3v) is 2.01. The fraction of sp³-hybridized carbons (Fsp3) is 1.00. The van der Waals surface area contributed by atoms with Crippen molar-refractivity contribution in [2.24, 2.45) is 5.92 Å². The molecule has 0 aliphatic carbocycles. The van der Waals surface area contributed by atoms with Crippen LogP contribution in [0.4, 0.5) is 0 Å². The van der Waals surface area contributed by atoms with Crippen LogP contribution in [-0.2, 0) is 14.4 Å². The average molecular weight is 268 g/mol. The molecule has 1 aliphatic rings. The summed E-state index contributed by atoms with van der Waals surface area (Å²) in [5.41, 5.74) is 0. The van der Waals surface area contributed by atoms with Crippen LogP contribution in [-0.4, -0.2) is 37.1 Å². The Morgan fingerprint density at radius 1 is 1.17 bits per heavy atom. The van der Waals surface area contributed by atoms with Gasteiger partial charge in [-0.2, -0.15) is 0 Å². The molecule has 0 aromatic carbocycles. The summed E-state index contributed by atoms with van der Waals surface area (Å²) in [4.78, 5) is 24.8. The molecule has 0 bridgehead atoms. The minimum atomic E-state index is -0.875. The third kappa shape index (κ3) is 14.4. The molecular formula is C9H20N2O7. The van der Waals surface area contributed by atoms with E-state index in [2.05, 4.69) is 23.5 Å². The molecule has 18 heavy (non-hydrogen) atoms. The summed E-state index contributed by atoms with van der Waals surface area (Å²) in [6, 6.07) is 0. The molecule has 1 heterocycles. The number of hydrogen-bond donors (Lipinski definition) is 0. The molecule has 0 spiro atoms. The smallest absolute Gasteiger partial charge is 0.294 e. The molecule has 0 amide bonds. The number of hydrogen-bond acceptors (Lipinski definition) is 7. The quantitative estimate of drug-likeness (QED) is 0.562. The summed E-state index contributed by atoms with van der Waals surface area (Å²) >= 11 is 0. The van der Waals surface area contributed by atoms with Gasteiger partial charge in [0.25, 0.3) is 10.2 Å². The molecule has 0 aromatic heterocycles. The predicted octanol–water partition coefficient (Wildman–Crippen LogP) is 1.47. The van der Waals surface area contributed by atoms with E-state index < -0.39 is 10.2 Å². The van der Waals surface area contributed by atoms with Gasteiger partial charge in [0, 0.05) is 6.61 Å². The SMILES string of the molecule is CC(C)C1CCCO1.CO[N+](=O)[O-].CO[N+](=O)[O-]. The summed E-state index contributed by atoms with van der Waals surface area (Å²) in [5, 5.41) is 16.2. The van der Waals surface area contributed by atoms with Crippen molar-refractivity contribution in [2.45, 2.75) is 32.8 Å². The summed E-state index contributed by atoms with van der Waals surface area (Å²) in [6.07, 6.45) is 3.11. The molecule has 0 N–H and O–H groups in total. The van der Waals surface area contributed by atoms with Crippen LogP contribution in [0, 0.1) is 26.1 Å². The summed E-state index contributed by atoms with van der Waals surface area (Å²) < 4.78 is 5.41. The van der Waals surface area contributed by atoms with Crippen molar-refractivity contribution in [1.29, 1.82) is 0 Å². The van der Waals surface area contributed by atoms with Crippen LogP contribution < -0.4 is 0 Å². The summed E-state index contributed by atoms with van der Waals surface area (Å²) in [7, 11) is 2.00. The molecule has 1 aliphatic heterocycles. The largest absolute Gasteiger partial charge is 0.378 e. The van der Waals surface area contributed by atoms with Gasteiger partial charge in [-0.05, 0) is 18.8 Å². The summed E-state index contributed by atoms with van der Waals surface area (Å²) in [5.74, 6) is 0.720. The van der Waals surface area contributed by atoms with E-state index in [1.165, 1.54) is 12.8 Å². The molecule has 0 saturated carbocycles. The first-order valence-corrected chi connectivity index (χ1v) is 5.33. The van der Waals surface area contributed by atoms with Crippen LogP contribution in [0.2, 0.25) is 0 Å². The Morgan fingerprint density at radius 2 is 1.56 bits per heavy atom.